The molecule has 1 aromatic carbocycles. The minimum absolute atomic E-state index is 0.123. The molecule has 0 saturated heterocycles. The van der Waals surface area contributed by atoms with Crippen LogP contribution in [0.3, 0.4) is 0 Å². The molecule has 1 atom stereocenters. The second kappa shape index (κ2) is 7.82. The third-order valence-corrected chi connectivity index (χ3v) is 5.23. The zero-order valence-corrected chi connectivity index (χ0v) is 15.3. The SMILES string of the molecule is Nc1nc2c(c(OCC3CCCCC3)n1)NC(=O)[C@@H](Cc1ccccc1)N2. The van der Waals surface area contributed by atoms with Crippen molar-refractivity contribution in [2.24, 2.45) is 5.92 Å². The normalized spacial score (nSPS) is 19.7. The maximum absolute atomic E-state index is 12.6. The molecule has 0 bridgehead atoms. The summed E-state index contributed by atoms with van der Waals surface area (Å²) in [7, 11) is 0. The molecule has 2 aliphatic rings. The average Bonchev–Trinajstić information content (AvgIpc) is 2.69. The van der Waals surface area contributed by atoms with Crippen LogP contribution in [-0.4, -0.2) is 28.5 Å². The molecule has 2 heterocycles. The number of rotatable bonds is 5. The molecule has 4 rings (SSSR count). The van der Waals surface area contributed by atoms with Crippen molar-refractivity contribution in [3.8, 4) is 5.88 Å². The highest BCUT2D eigenvalue weighted by Gasteiger charge is 2.30. The molecule has 0 unspecified atom stereocenters. The highest BCUT2D eigenvalue weighted by molar-refractivity contribution is 6.03. The molecular weight excluding hydrogens is 342 g/mol. The van der Waals surface area contributed by atoms with Crippen molar-refractivity contribution in [2.45, 2.75) is 44.6 Å². The molecule has 27 heavy (non-hydrogen) atoms. The molecule has 0 spiro atoms. The Morgan fingerprint density at radius 3 is 2.67 bits per heavy atom. The summed E-state index contributed by atoms with van der Waals surface area (Å²) in [6, 6.07) is 9.45. The summed E-state index contributed by atoms with van der Waals surface area (Å²) in [4.78, 5) is 21.0. The van der Waals surface area contributed by atoms with Gasteiger partial charge in [0.1, 0.15) is 11.7 Å². The number of ether oxygens (including phenoxy) is 1. The van der Waals surface area contributed by atoms with Crippen LogP contribution in [0.4, 0.5) is 17.5 Å². The molecule has 0 radical (unpaired) electrons. The standard InChI is InChI=1S/C20H25N5O2/c21-20-24-17-16(19(25-20)27-12-14-9-5-2-6-10-14)23-18(26)15(22-17)11-13-7-3-1-4-8-13/h1,3-4,7-8,14-15H,2,5-6,9-12H2,(H,23,26)(H3,21,22,24,25)/t15-/m1/s1. The van der Waals surface area contributed by atoms with Crippen molar-refractivity contribution < 1.29 is 9.53 Å². The first-order valence-corrected chi connectivity index (χ1v) is 9.60. The Kier molecular flexibility index (Phi) is 5.09. The Bertz CT molecular complexity index is 806. The van der Waals surface area contributed by atoms with Crippen LogP contribution < -0.4 is 21.1 Å². The lowest BCUT2D eigenvalue weighted by atomic mass is 9.90. The first-order chi connectivity index (χ1) is 13.2. The number of nitrogen functional groups attached to an aromatic ring is 1. The van der Waals surface area contributed by atoms with Crippen molar-refractivity contribution in [3.05, 3.63) is 35.9 Å². The van der Waals surface area contributed by atoms with E-state index in [4.69, 9.17) is 10.5 Å². The monoisotopic (exact) mass is 367 g/mol. The predicted molar refractivity (Wildman–Crippen MR) is 105 cm³/mol. The minimum Gasteiger partial charge on any atom is -0.476 e. The maximum Gasteiger partial charge on any atom is 0.247 e. The van der Waals surface area contributed by atoms with Crippen molar-refractivity contribution in [1.82, 2.24) is 9.97 Å². The number of benzene rings is 1. The molecule has 7 nitrogen and oxygen atoms in total. The Morgan fingerprint density at radius 1 is 1.11 bits per heavy atom. The summed E-state index contributed by atoms with van der Waals surface area (Å²) >= 11 is 0. The second-order valence-electron chi connectivity index (χ2n) is 7.30. The highest BCUT2D eigenvalue weighted by Crippen LogP contribution is 2.35. The lowest BCUT2D eigenvalue weighted by molar-refractivity contribution is -0.117. The third kappa shape index (κ3) is 4.13. The summed E-state index contributed by atoms with van der Waals surface area (Å²) < 4.78 is 5.94. The van der Waals surface area contributed by atoms with Gasteiger partial charge in [-0.25, -0.2) is 0 Å². The molecule has 7 heteroatoms. The molecule has 1 aromatic heterocycles. The fourth-order valence-corrected chi connectivity index (χ4v) is 3.76. The molecule has 1 aliphatic carbocycles. The number of nitrogens with two attached hydrogens (primary N) is 1. The topological polar surface area (TPSA) is 102 Å². The van der Waals surface area contributed by atoms with E-state index < -0.39 is 6.04 Å². The van der Waals surface area contributed by atoms with Crippen molar-refractivity contribution in [2.75, 3.05) is 23.0 Å². The lowest BCUT2D eigenvalue weighted by Crippen LogP contribution is -2.41. The molecule has 142 valence electrons. The molecular formula is C20H25N5O2. The van der Waals surface area contributed by atoms with Crippen LogP contribution in [0, 0.1) is 5.92 Å². The van der Waals surface area contributed by atoms with E-state index in [1.165, 1.54) is 32.1 Å². The molecule has 1 amide bonds. The highest BCUT2D eigenvalue weighted by atomic mass is 16.5. The first kappa shape index (κ1) is 17.6. The van der Waals surface area contributed by atoms with Crippen LogP contribution >= 0.6 is 0 Å². The number of fused-ring (bicyclic) bond motifs is 1. The van der Waals surface area contributed by atoms with Crippen molar-refractivity contribution in [3.63, 3.8) is 0 Å². The lowest BCUT2D eigenvalue weighted by Gasteiger charge is -2.28. The molecule has 2 aromatic rings. The predicted octanol–water partition coefficient (Wildman–Crippen LogP) is 2.99. The maximum atomic E-state index is 12.6. The minimum atomic E-state index is -0.416. The van der Waals surface area contributed by atoms with Crippen LogP contribution in [0.2, 0.25) is 0 Å². The van der Waals surface area contributed by atoms with E-state index in [-0.39, 0.29) is 11.9 Å². The van der Waals surface area contributed by atoms with Gasteiger partial charge in [0.2, 0.25) is 17.7 Å². The quantitative estimate of drug-likeness (QED) is 0.751. The Morgan fingerprint density at radius 2 is 1.89 bits per heavy atom. The summed E-state index contributed by atoms with van der Waals surface area (Å²) in [6.07, 6.45) is 6.71. The van der Waals surface area contributed by atoms with Crippen LogP contribution in [0.25, 0.3) is 0 Å². The van der Waals surface area contributed by atoms with Gasteiger partial charge in [-0.15, -0.1) is 0 Å². The van der Waals surface area contributed by atoms with Crippen molar-refractivity contribution >= 4 is 23.4 Å². The van der Waals surface area contributed by atoms with Gasteiger partial charge in [-0.1, -0.05) is 49.6 Å². The second-order valence-corrected chi connectivity index (χ2v) is 7.30. The zero-order chi connectivity index (χ0) is 18.6. The van der Waals surface area contributed by atoms with Crippen LogP contribution in [0.5, 0.6) is 5.88 Å². The van der Waals surface area contributed by atoms with E-state index >= 15 is 0 Å². The van der Waals surface area contributed by atoms with Gasteiger partial charge in [-0.3, -0.25) is 4.79 Å². The number of amides is 1. The number of nitrogens with one attached hydrogen (secondary N) is 2. The smallest absolute Gasteiger partial charge is 0.247 e. The summed E-state index contributed by atoms with van der Waals surface area (Å²) in [5.74, 6) is 1.41. The number of nitrogens with zero attached hydrogens (tertiary/aromatic N) is 2. The fraction of sp³-hybridized carbons (Fsp3) is 0.450. The number of anilines is 3. The van der Waals surface area contributed by atoms with Gasteiger partial charge in [0, 0.05) is 6.42 Å². The number of carbonyl (C=O) groups is 1. The number of hydrogen-bond acceptors (Lipinski definition) is 6. The van der Waals surface area contributed by atoms with E-state index in [1.54, 1.807) is 0 Å². The van der Waals surface area contributed by atoms with Gasteiger partial charge >= 0.3 is 0 Å². The van der Waals surface area contributed by atoms with Crippen molar-refractivity contribution in [1.29, 1.82) is 0 Å². The van der Waals surface area contributed by atoms with Crippen LogP contribution in [-0.2, 0) is 11.2 Å². The Labute approximate surface area is 158 Å². The fourth-order valence-electron chi connectivity index (χ4n) is 3.76. The van der Waals surface area contributed by atoms with E-state index in [1.807, 2.05) is 30.3 Å². The summed E-state index contributed by atoms with van der Waals surface area (Å²) in [5.41, 5.74) is 7.42. The van der Waals surface area contributed by atoms with Gasteiger partial charge < -0.3 is 21.1 Å². The van der Waals surface area contributed by atoms with Gasteiger partial charge in [-0.2, -0.15) is 9.97 Å². The van der Waals surface area contributed by atoms with E-state index in [2.05, 4.69) is 20.6 Å². The van der Waals surface area contributed by atoms with E-state index in [9.17, 15) is 4.79 Å². The van der Waals surface area contributed by atoms with Crippen LogP contribution in [0.15, 0.2) is 30.3 Å². The number of aromatic nitrogens is 2. The number of carbonyl (C=O) groups excluding carboxylic acids is 1. The molecule has 1 saturated carbocycles. The Balaban J connectivity index is 1.49. The van der Waals surface area contributed by atoms with Gasteiger partial charge in [-0.05, 0) is 24.3 Å². The average molecular weight is 367 g/mol. The third-order valence-electron chi connectivity index (χ3n) is 5.23. The van der Waals surface area contributed by atoms with Crippen LogP contribution in [0.1, 0.15) is 37.7 Å². The van der Waals surface area contributed by atoms with Gasteiger partial charge in [0.25, 0.3) is 0 Å². The van der Waals surface area contributed by atoms with Gasteiger partial charge in [0.05, 0.1) is 6.61 Å². The van der Waals surface area contributed by atoms with E-state index in [0.717, 1.165) is 5.56 Å². The summed E-state index contributed by atoms with van der Waals surface area (Å²) in [6.45, 7) is 0.589. The Hall–Kier alpha value is -2.83. The first-order valence-electron chi connectivity index (χ1n) is 9.60. The number of hydrogen-bond donors (Lipinski definition) is 3. The van der Waals surface area contributed by atoms with Gasteiger partial charge in [0.15, 0.2) is 5.82 Å². The summed E-state index contributed by atoms with van der Waals surface area (Å²) in [5, 5.41) is 6.10. The largest absolute Gasteiger partial charge is 0.476 e. The molecule has 4 N–H and O–H groups in total. The van der Waals surface area contributed by atoms with E-state index in [0.29, 0.717) is 36.3 Å². The zero-order valence-electron chi connectivity index (χ0n) is 15.3. The molecule has 1 fully saturated rings. The molecule has 1 aliphatic heterocycles.